The number of nitrogens with one attached hydrogen (secondary N) is 1. The summed E-state index contributed by atoms with van der Waals surface area (Å²) >= 11 is 0. The zero-order valence-corrected chi connectivity index (χ0v) is 15.6. The van der Waals surface area contributed by atoms with E-state index in [0.717, 1.165) is 18.8 Å². The molecule has 1 aromatic carbocycles. The Morgan fingerprint density at radius 3 is 2.80 bits per heavy atom. The second kappa shape index (κ2) is 7.62. The Morgan fingerprint density at radius 1 is 1.32 bits per heavy atom. The van der Waals surface area contributed by atoms with Gasteiger partial charge in [-0.15, -0.1) is 0 Å². The van der Waals surface area contributed by atoms with Crippen LogP contribution in [0.25, 0.3) is 0 Å². The third-order valence-electron chi connectivity index (χ3n) is 5.77. The minimum Gasteiger partial charge on any atom is -0.493 e. The molecule has 0 aromatic heterocycles. The van der Waals surface area contributed by atoms with E-state index >= 15 is 0 Å². The fraction of sp³-hybridized carbons (Fsp3) is 0.700. The highest BCUT2D eigenvalue weighted by molar-refractivity contribution is 5.33. The van der Waals surface area contributed by atoms with Crippen molar-refractivity contribution in [1.82, 2.24) is 10.2 Å². The Kier molecular flexibility index (Phi) is 5.68. The molecule has 0 aliphatic carbocycles. The summed E-state index contributed by atoms with van der Waals surface area (Å²) < 4.78 is 5.90. The van der Waals surface area contributed by atoms with Crippen molar-refractivity contribution in [3.63, 3.8) is 0 Å². The second-order valence-corrected chi connectivity index (χ2v) is 8.18. The number of fused-ring (bicyclic) bond motifs is 1. The molecule has 0 amide bonds. The van der Waals surface area contributed by atoms with Crippen LogP contribution in [0.4, 0.5) is 0 Å². The van der Waals surface area contributed by atoms with Crippen molar-refractivity contribution in [3.8, 4) is 5.75 Å². The molecule has 0 spiro atoms. The number of rotatable bonds is 7. The molecule has 3 rings (SSSR count). The minimum atomic E-state index is -0.399. The fourth-order valence-corrected chi connectivity index (χ4v) is 4.57. The van der Waals surface area contributed by atoms with Crippen LogP contribution in [0.5, 0.6) is 5.75 Å². The summed E-state index contributed by atoms with van der Waals surface area (Å²) in [4.78, 5) is 2.34. The SMILES string of the molecule is CC(C)COc1cccc([C@@H]2N[C@@](CO)(CCO)[C@@H]3CN(C)C[C@@H]32)c1. The predicted molar refractivity (Wildman–Crippen MR) is 98.6 cm³/mol. The van der Waals surface area contributed by atoms with Gasteiger partial charge in [0.2, 0.25) is 0 Å². The molecule has 1 aromatic rings. The number of aliphatic hydroxyl groups is 2. The standard InChI is InChI=1S/C20H32N2O3/c1-14(2)12-25-16-6-4-5-15(9-16)19-17-10-22(3)11-18(17)20(13-24,21-19)7-8-23/h4-6,9,14,17-19,21,23-24H,7-8,10-13H2,1-3H3/t17-,18+,19-,20+/m0/s1. The first kappa shape index (κ1) is 18.6. The topological polar surface area (TPSA) is 65.0 Å². The number of likely N-dealkylation sites (tertiary alicyclic amines) is 1. The van der Waals surface area contributed by atoms with E-state index in [4.69, 9.17) is 4.74 Å². The Morgan fingerprint density at radius 2 is 2.12 bits per heavy atom. The van der Waals surface area contributed by atoms with Crippen molar-refractivity contribution in [2.75, 3.05) is 40.0 Å². The smallest absolute Gasteiger partial charge is 0.119 e. The van der Waals surface area contributed by atoms with Crippen molar-refractivity contribution in [2.45, 2.75) is 31.8 Å². The highest BCUT2D eigenvalue weighted by Crippen LogP contribution is 2.48. The van der Waals surface area contributed by atoms with Gasteiger partial charge in [-0.25, -0.2) is 0 Å². The van der Waals surface area contributed by atoms with Gasteiger partial charge in [-0.2, -0.15) is 0 Å². The van der Waals surface area contributed by atoms with Crippen LogP contribution in [-0.4, -0.2) is 60.6 Å². The molecule has 5 heteroatoms. The van der Waals surface area contributed by atoms with Gasteiger partial charge in [0, 0.05) is 31.3 Å². The van der Waals surface area contributed by atoms with Crippen LogP contribution in [0.1, 0.15) is 31.9 Å². The maximum atomic E-state index is 10.1. The van der Waals surface area contributed by atoms with Crippen molar-refractivity contribution in [2.24, 2.45) is 17.8 Å². The third-order valence-corrected chi connectivity index (χ3v) is 5.77. The summed E-state index contributed by atoms with van der Waals surface area (Å²) in [7, 11) is 2.14. The molecule has 5 nitrogen and oxygen atoms in total. The second-order valence-electron chi connectivity index (χ2n) is 8.18. The van der Waals surface area contributed by atoms with Crippen molar-refractivity contribution < 1.29 is 14.9 Å². The average molecular weight is 348 g/mol. The molecule has 2 fully saturated rings. The van der Waals surface area contributed by atoms with Crippen LogP contribution < -0.4 is 10.1 Å². The molecule has 2 heterocycles. The number of benzene rings is 1. The lowest BCUT2D eigenvalue weighted by Gasteiger charge is -2.33. The van der Waals surface area contributed by atoms with Crippen LogP contribution in [0, 0.1) is 17.8 Å². The first-order chi connectivity index (χ1) is 12.0. The molecule has 4 atom stereocenters. The van der Waals surface area contributed by atoms with Crippen LogP contribution >= 0.6 is 0 Å². The summed E-state index contributed by atoms with van der Waals surface area (Å²) in [5.41, 5.74) is 0.809. The molecule has 25 heavy (non-hydrogen) atoms. The highest BCUT2D eigenvalue weighted by Gasteiger charge is 2.55. The number of aliphatic hydroxyl groups excluding tert-OH is 2. The lowest BCUT2D eigenvalue weighted by Crippen LogP contribution is -2.51. The predicted octanol–water partition coefficient (Wildman–Crippen LogP) is 1.66. The maximum absolute atomic E-state index is 10.1. The Bertz CT molecular complexity index is 580. The van der Waals surface area contributed by atoms with Gasteiger partial charge in [-0.3, -0.25) is 0 Å². The van der Waals surface area contributed by atoms with Crippen LogP contribution in [0.15, 0.2) is 24.3 Å². The molecule has 2 aliphatic rings. The lowest BCUT2D eigenvalue weighted by molar-refractivity contribution is 0.0993. The van der Waals surface area contributed by atoms with E-state index in [0.29, 0.717) is 30.8 Å². The van der Waals surface area contributed by atoms with Crippen LogP contribution in [0.2, 0.25) is 0 Å². The number of nitrogens with zero attached hydrogens (tertiary/aromatic N) is 1. The molecule has 140 valence electrons. The van der Waals surface area contributed by atoms with Gasteiger partial charge in [0.25, 0.3) is 0 Å². The summed E-state index contributed by atoms with van der Waals surface area (Å²) in [6.45, 7) is 7.11. The molecule has 3 N–H and O–H groups in total. The third kappa shape index (κ3) is 3.70. The van der Waals surface area contributed by atoms with Gasteiger partial charge in [0.15, 0.2) is 0 Å². The number of hydrogen-bond acceptors (Lipinski definition) is 5. The van der Waals surface area contributed by atoms with Crippen LogP contribution in [-0.2, 0) is 0 Å². The zero-order valence-electron chi connectivity index (χ0n) is 15.6. The summed E-state index contributed by atoms with van der Waals surface area (Å²) in [6.07, 6.45) is 0.582. The van der Waals surface area contributed by atoms with Crippen molar-refractivity contribution in [3.05, 3.63) is 29.8 Å². The molecule has 2 aliphatic heterocycles. The van der Waals surface area contributed by atoms with E-state index in [9.17, 15) is 10.2 Å². The first-order valence-corrected chi connectivity index (χ1v) is 9.40. The average Bonchev–Trinajstić information content (AvgIpc) is 3.11. The molecular weight excluding hydrogens is 316 g/mol. The summed E-state index contributed by atoms with van der Waals surface area (Å²) in [5, 5.41) is 23.4. The van der Waals surface area contributed by atoms with Gasteiger partial charge >= 0.3 is 0 Å². The van der Waals surface area contributed by atoms with Gasteiger partial charge in [-0.1, -0.05) is 26.0 Å². The molecule has 2 saturated heterocycles. The fourth-order valence-electron chi connectivity index (χ4n) is 4.57. The maximum Gasteiger partial charge on any atom is 0.119 e. The zero-order chi connectivity index (χ0) is 18.0. The van der Waals surface area contributed by atoms with Crippen molar-refractivity contribution in [1.29, 1.82) is 0 Å². The first-order valence-electron chi connectivity index (χ1n) is 9.40. The van der Waals surface area contributed by atoms with E-state index in [2.05, 4.69) is 43.2 Å². The van der Waals surface area contributed by atoms with Gasteiger partial charge in [0.05, 0.1) is 13.2 Å². The van der Waals surface area contributed by atoms with E-state index in [1.807, 2.05) is 12.1 Å². The normalized spacial score (nSPS) is 32.3. The largest absolute Gasteiger partial charge is 0.493 e. The van der Waals surface area contributed by atoms with E-state index in [-0.39, 0.29) is 19.3 Å². The Balaban J connectivity index is 1.85. The number of ether oxygens (including phenoxy) is 1. The molecule has 0 bridgehead atoms. The monoisotopic (exact) mass is 348 g/mol. The Hall–Kier alpha value is -1.14. The minimum absolute atomic E-state index is 0.0581. The van der Waals surface area contributed by atoms with E-state index in [1.54, 1.807) is 0 Å². The van der Waals surface area contributed by atoms with Crippen molar-refractivity contribution >= 4 is 0 Å². The molecule has 0 unspecified atom stereocenters. The highest BCUT2D eigenvalue weighted by atomic mass is 16.5. The molecule has 0 saturated carbocycles. The summed E-state index contributed by atoms with van der Waals surface area (Å²) in [5.74, 6) is 2.18. The molecule has 0 radical (unpaired) electrons. The van der Waals surface area contributed by atoms with Gasteiger partial charge < -0.3 is 25.2 Å². The van der Waals surface area contributed by atoms with Crippen LogP contribution in [0.3, 0.4) is 0 Å². The Labute approximate surface area is 151 Å². The lowest BCUT2D eigenvalue weighted by atomic mass is 9.79. The van der Waals surface area contributed by atoms with E-state index in [1.165, 1.54) is 5.56 Å². The molecular formula is C20H32N2O3. The number of hydrogen-bond donors (Lipinski definition) is 3. The quantitative estimate of drug-likeness (QED) is 0.699. The van der Waals surface area contributed by atoms with E-state index < -0.39 is 5.54 Å². The van der Waals surface area contributed by atoms with Gasteiger partial charge in [0.1, 0.15) is 5.75 Å². The van der Waals surface area contributed by atoms with Gasteiger partial charge in [-0.05, 0) is 48.9 Å². The summed E-state index contributed by atoms with van der Waals surface area (Å²) in [6, 6.07) is 8.50.